The van der Waals surface area contributed by atoms with Gasteiger partial charge in [0.25, 0.3) is 0 Å². The number of imidazole rings is 1. The minimum absolute atomic E-state index is 0.315. The third-order valence-corrected chi connectivity index (χ3v) is 5.47. The van der Waals surface area contributed by atoms with Gasteiger partial charge in [0.1, 0.15) is 11.6 Å². The summed E-state index contributed by atoms with van der Waals surface area (Å²) >= 11 is 11.7. The highest BCUT2D eigenvalue weighted by Crippen LogP contribution is 2.28. The normalized spacial score (nSPS) is 17.1. The lowest BCUT2D eigenvalue weighted by atomic mass is 9.98. The standard InChI is InChI=1S/C20H21ClN4OS/c1-26-16-6-2-5-15(11-16)22-20(27)25-9-3-4-13(12-25)19-23-17-8-7-14(21)10-18(17)24-19/h2,5-8,10-11,13H,3-4,9,12H2,1H3,(H,22,27)(H,23,24)/t13-/m0/s1. The molecule has 0 radical (unpaired) electrons. The molecule has 0 bridgehead atoms. The van der Waals surface area contributed by atoms with Gasteiger partial charge in [0.05, 0.1) is 18.1 Å². The fourth-order valence-corrected chi connectivity index (χ4v) is 3.94. The van der Waals surface area contributed by atoms with E-state index in [1.54, 1.807) is 7.11 Å². The minimum atomic E-state index is 0.315. The average Bonchev–Trinajstić information content (AvgIpc) is 3.11. The largest absolute Gasteiger partial charge is 0.497 e. The van der Waals surface area contributed by atoms with Crippen molar-refractivity contribution in [2.45, 2.75) is 18.8 Å². The van der Waals surface area contributed by atoms with Crippen molar-refractivity contribution in [3.63, 3.8) is 0 Å². The summed E-state index contributed by atoms with van der Waals surface area (Å²) in [5, 5.41) is 4.77. The van der Waals surface area contributed by atoms with Gasteiger partial charge in [-0.1, -0.05) is 17.7 Å². The van der Waals surface area contributed by atoms with Crippen molar-refractivity contribution in [2.24, 2.45) is 0 Å². The molecular weight excluding hydrogens is 380 g/mol. The van der Waals surface area contributed by atoms with Gasteiger partial charge in [-0.2, -0.15) is 0 Å². The van der Waals surface area contributed by atoms with Gasteiger partial charge in [-0.15, -0.1) is 0 Å². The number of thiocarbonyl (C=S) groups is 1. The first-order chi connectivity index (χ1) is 13.1. The molecule has 2 aromatic carbocycles. The highest BCUT2D eigenvalue weighted by Gasteiger charge is 2.25. The molecule has 0 amide bonds. The van der Waals surface area contributed by atoms with Gasteiger partial charge >= 0.3 is 0 Å². The molecule has 2 N–H and O–H groups in total. The molecule has 0 unspecified atom stereocenters. The maximum atomic E-state index is 6.09. The van der Waals surface area contributed by atoms with Crippen LogP contribution in [0.4, 0.5) is 5.69 Å². The van der Waals surface area contributed by atoms with Crippen LogP contribution >= 0.6 is 23.8 Å². The van der Waals surface area contributed by atoms with E-state index in [1.807, 2.05) is 42.5 Å². The summed E-state index contributed by atoms with van der Waals surface area (Å²) in [4.78, 5) is 10.4. The molecule has 5 nitrogen and oxygen atoms in total. The zero-order chi connectivity index (χ0) is 18.8. The topological polar surface area (TPSA) is 53.2 Å². The summed E-state index contributed by atoms with van der Waals surface area (Å²) < 4.78 is 5.28. The Balaban J connectivity index is 1.47. The first-order valence-corrected chi connectivity index (χ1v) is 9.76. The molecule has 27 heavy (non-hydrogen) atoms. The van der Waals surface area contributed by atoms with Crippen LogP contribution in [0.5, 0.6) is 5.75 Å². The van der Waals surface area contributed by atoms with Crippen molar-refractivity contribution in [3.8, 4) is 5.75 Å². The summed E-state index contributed by atoms with van der Waals surface area (Å²) in [6, 6.07) is 13.5. The van der Waals surface area contributed by atoms with Gasteiger partial charge in [0, 0.05) is 35.8 Å². The van der Waals surface area contributed by atoms with Crippen molar-refractivity contribution in [3.05, 3.63) is 53.3 Å². The number of hydrogen-bond donors (Lipinski definition) is 2. The quantitative estimate of drug-likeness (QED) is 0.618. The number of likely N-dealkylation sites (tertiary alicyclic amines) is 1. The van der Waals surface area contributed by atoms with Crippen molar-refractivity contribution >= 4 is 45.7 Å². The van der Waals surface area contributed by atoms with Crippen LogP contribution in [-0.2, 0) is 0 Å². The monoisotopic (exact) mass is 400 g/mol. The lowest BCUT2D eigenvalue weighted by Gasteiger charge is -2.33. The number of hydrogen-bond acceptors (Lipinski definition) is 3. The molecule has 1 fully saturated rings. The van der Waals surface area contributed by atoms with E-state index in [-0.39, 0.29) is 0 Å². The fraction of sp³-hybridized carbons (Fsp3) is 0.300. The summed E-state index contributed by atoms with van der Waals surface area (Å²) in [5.41, 5.74) is 2.86. The van der Waals surface area contributed by atoms with E-state index in [0.717, 1.165) is 59.3 Å². The molecular formula is C20H21ClN4OS. The Morgan fingerprint density at radius 2 is 2.22 bits per heavy atom. The van der Waals surface area contributed by atoms with Crippen molar-refractivity contribution < 1.29 is 4.74 Å². The third kappa shape index (κ3) is 4.01. The Morgan fingerprint density at radius 3 is 3.07 bits per heavy atom. The molecule has 0 spiro atoms. The maximum Gasteiger partial charge on any atom is 0.173 e. The molecule has 140 valence electrons. The first-order valence-electron chi connectivity index (χ1n) is 8.97. The third-order valence-electron chi connectivity index (χ3n) is 4.88. The van der Waals surface area contributed by atoms with E-state index in [0.29, 0.717) is 10.9 Å². The van der Waals surface area contributed by atoms with Crippen molar-refractivity contribution in [1.82, 2.24) is 14.9 Å². The number of ether oxygens (including phenoxy) is 1. The van der Waals surface area contributed by atoms with Crippen LogP contribution in [0.15, 0.2) is 42.5 Å². The number of benzene rings is 2. The second kappa shape index (κ2) is 7.74. The van der Waals surface area contributed by atoms with Crippen LogP contribution < -0.4 is 10.1 Å². The van der Waals surface area contributed by atoms with E-state index in [9.17, 15) is 0 Å². The molecule has 7 heteroatoms. The van der Waals surface area contributed by atoms with Gasteiger partial charge < -0.3 is 19.9 Å². The average molecular weight is 401 g/mol. The smallest absolute Gasteiger partial charge is 0.173 e. The number of anilines is 1. The van der Waals surface area contributed by atoms with Gasteiger partial charge in [-0.25, -0.2) is 4.98 Å². The van der Waals surface area contributed by atoms with Crippen LogP contribution in [0.3, 0.4) is 0 Å². The second-order valence-corrected chi connectivity index (χ2v) is 7.55. The van der Waals surface area contributed by atoms with E-state index in [1.165, 1.54) is 0 Å². The van der Waals surface area contributed by atoms with Crippen LogP contribution in [0, 0.1) is 0 Å². The number of nitrogens with zero attached hydrogens (tertiary/aromatic N) is 2. The van der Waals surface area contributed by atoms with Crippen molar-refractivity contribution in [2.75, 3.05) is 25.5 Å². The predicted octanol–water partition coefficient (Wildman–Crippen LogP) is 4.80. The Kier molecular flexibility index (Phi) is 5.18. The number of H-pyrrole nitrogens is 1. The molecule has 4 rings (SSSR count). The van der Waals surface area contributed by atoms with E-state index >= 15 is 0 Å². The van der Waals surface area contributed by atoms with E-state index < -0.39 is 0 Å². The Labute approximate surface area is 168 Å². The summed E-state index contributed by atoms with van der Waals surface area (Å²) in [6.07, 6.45) is 2.16. The number of methoxy groups -OCH3 is 1. The predicted molar refractivity (Wildman–Crippen MR) is 114 cm³/mol. The summed E-state index contributed by atoms with van der Waals surface area (Å²) in [7, 11) is 1.66. The number of aromatic nitrogens is 2. The zero-order valence-electron chi connectivity index (χ0n) is 15.0. The number of rotatable bonds is 3. The van der Waals surface area contributed by atoms with Crippen LogP contribution in [0.25, 0.3) is 11.0 Å². The summed E-state index contributed by atoms with van der Waals surface area (Å²) in [5.74, 6) is 2.12. The Hall–Kier alpha value is -2.31. The Morgan fingerprint density at radius 1 is 1.33 bits per heavy atom. The number of aromatic amines is 1. The molecule has 1 aromatic heterocycles. The molecule has 2 heterocycles. The minimum Gasteiger partial charge on any atom is -0.497 e. The van der Waals surface area contributed by atoms with Crippen LogP contribution in [-0.4, -0.2) is 40.2 Å². The number of halogens is 1. The van der Waals surface area contributed by atoms with E-state index in [4.69, 9.17) is 33.5 Å². The SMILES string of the molecule is COc1cccc(NC(=S)N2CCC[C@H](c3nc4ccc(Cl)cc4[nH]3)C2)c1. The molecule has 1 atom stereocenters. The lowest BCUT2D eigenvalue weighted by molar-refractivity contribution is 0.307. The van der Waals surface area contributed by atoms with Gasteiger partial charge in [-0.3, -0.25) is 0 Å². The molecule has 0 saturated carbocycles. The van der Waals surface area contributed by atoms with E-state index in [2.05, 4.69) is 15.2 Å². The van der Waals surface area contributed by atoms with Crippen LogP contribution in [0.2, 0.25) is 5.02 Å². The highest BCUT2D eigenvalue weighted by molar-refractivity contribution is 7.80. The zero-order valence-corrected chi connectivity index (χ0v) is 16.6. The van der Waals surface area contributed by atoms with Gasteiger partial charge in [-0.05, 0) is 55.4 Å². The highest BCUT2D eigenvalue weighted by atomic mass is 35.5. The number of piperidine rings is 1. The Bertz CT molecular complexity index is 974. The second-order valence-electron chi connectivity index (χ2n) is 6.73. The molecule has 1 aliphatic rings. The molecule has 3 aromatic rings. The maximum absolute atomic E-state index is 6.09. The lowest BCUT2D eigenvalue weighted by Crippen LogP contribution is -2.41. The van der Waals surface area contributed by atoms with Gasteiger partial charge in [0.2, 0.25) is 0 Å². The fourth-order valence-electron chi connectivity index (χ4n) is 3.48. The molecule has 0 aliphatic carbocycles. The first kappa shape index (κ1) is 18.1. The number of fused-ring (bicyclic) bond motifs is 1. The molecule has 1 aliphatic heterocycles. The summed E-state index contributed by atoms with van der Waals surface area (Å²) in [6.45, 7) is 1.78. The number of nitrogens with one attached hydrogen (secondary N) is 2. The van der Waals surface area contributed by atoms with Crippen LogP contribution in [0.1, 0.15) is 24.6 Å². The molecule has 1 saturated heterocycles. The van der Waals surface area contributed by atoms with Crippen molar-refractivity contribution in [1.29, 1.82) is 0 Å². The van der Waals surface area contributed by atoms with Gasteiger partial charge in [0.15, 0.2) is 5.11 Å².